The number of nitrogens with one attached hydrogen (secondary N) is 1. The van der Waals surface area contributed by atoms with Gasteiger partial charge in [0.05, 0.1) is 12.2 Å². The summed E-state index contributed by atoms with van der Waals surface area (Å²) in [7, 11) is 1.98. The van der Waals surface area contributed by atoms with Gasteiger partial charge in [0.2, 0.25) is 0 Å². The first-order valence-electron chi connectivity index (χ1n) is 7.51. The fourth-order valence-electron chi connectivity index (χ4n) is 3.17. The Bertz CT molecular complexity index is 705. The van der Waals surface area contributed by atoms with Crippen LogP contribution in [0.15, 0.2) is 35.3 Å². The highest BCUT2D eigenvalue weighted by Gasteiger charge is 2.22. The molecular formula is C17H21N3O. The summed E-state index contributed by atoms with van der Waals surface area (Å²) in [5.74, 6) is 0. The highest BCUT2D eigenvalue weighted by atomic mass is 16.1. The molecule has 4 nitrogen and oxygen atoms in total. The zero-order valence-corrected chi connectivity index (χ0v) is 12.6. The van der Waals surface area contributed by atoms with E-state index < -0.39 is 0 Å². The maximum Gasteiger partial charge on any atom is 0.251 e. The Balaban J connectivity index is 2.06. The standard InChI is InChI=1S/C17H21N3O/c1-12-5-4-10-19-15(12)11-20-16-7-3-6-14(18-2)13(16)8-9-17(20)21/h4-5,8-10,14,18H,3,6-7,11H2,1-2H3. The summed E-state index contributed by atoms with van der Waals surface area (Å²) in [4.78, 5) is 16.7. The second-order valence-corrected chi connectivity index (χ2v) is 5.66. The lowest BCUT2D eigenvalue weighted by Gasteiger charge is -2.27. The molecule has 2 heterocycles. The molecule has 1 unspecified atom stereocenters. The van der Waals surface area contributed by atoms with Crippen LogP contribution in [0.2, 0.25) is 0 Å². The Morgan fingerprint density at radius 2 is 2.24 bits per heavy atom. The lowest BCUT2D eigenvalue weighted by Crippen LogP contribution is -2.31. The molecule has 0 saturated heterocycles. The van der Waals surface area contributed by atoms with Crippen LogP contribution in [0.1, 0.15) is 41.4 Å². The van der Waals surface area contributed by atoms with Crippen molar-refractivity contribution in [1.29, 1.82) is 0 Å². The van der Waals surface area contributed by atoms with Gasteiger partial charge in [-0.1, -0.05) is 12.1 Å². The van der Waals surface area contributed by atoms with Gasteiger partial charge in [-0.3, -0.25) is 9.78 Å². The topological polar surface area (TPSA) is 46.9 Å². The highest BCUT2D eigenvalue weighted by Crippen LogP contribution is 2.28. The van der Waals surface area contributed by atoms with Crippen molar-refractivity contribution in [3.63, 3.8) is 0 Å². The van der Waals surface area contributed by atoms with Crippen LogP contribution in [0, 0.1) is 6.92 Å². The number of aromatic nitrogens is 2. The SMILES string of the molecule is CNC1CCCc2c1ccc(=O)n2Cc1ncccc1C. The molecule has 0 spiro atoms. The first-order valence-corrected chi connectivity index (χ1v) is 7.51. The molecule has 0 saturated carbocycles. The number of aryl methyl sites for hydroxylation is 1. The Labute approximate surface area is 124 Å². The van der Waals surface area contributed by atoms with Crippen LogP contribution >= 0.6 is 0 Å². The van der Waals surface area contributed by atoms with Crippen molar-refractivity contribution in [2.24, 2.45) is 0 Å². The normalized spacial score (nSPS) is 17.5. The van der Waals surface area contributed by atoms with E-state index in [1.54, 1.807) is 12.3 Å². The maximum atomic E-state index is 12.3. The van der Waals surface area contributed by atoms with Gasteiger partial charge in [0, 0.05) is 24.0 Å². The predicted octanol–water partition coefficient (Wildman–Crippen LogP) is 2.20. The molecule has 4 heteroatoms. The fraction of sp³-hybridized carbons (Fsp3) is 0.412. The molecule has 1 atom stereocenters. The summed E-state index contributed by atoms with van der Waals surface area (Å²) in [5.41, 5.74) is 4.59. The Kier molecular flexibility index (Phi) is 3.88. The Morgan fingerprint density at radius 3 is 3.00 bits per heavy atom. The number of nitrogens with zero attached hydrogens (tertiary/aromatic N) is 2. The van der Waals surface area contributed by atoms with Gasteiger partial charge in [-0.25, -0.2) is 0 Å². The number of pyridine rings is 2. The van der Waals surface area contributed by atoms with E-state index in [1.807, 2.05) is 36.7 Å². The average Bonchev–Trinajstić information content (AvgIpc) is 2.51. The molecule has 2 aromatic heterocycles. The van der Waals surface area contributed by atoms with Gasteiger partial charge in [0.15, 0.2) is 0 Å². The lowest BCUT2D eigenvalue weighted by atomic mass is 9.91. The molecule has 0 aliphatic heterocycles. The second kappa shape index (κ2) is 5.82. The first-order chi connectivity index (χ1) is 10.2. The van der Waals surface area contributed by atoms with Crippen LogP contribution in [0.4, 0.5) is 0 Å². The van der Waals surface area contributed by atoms with Crippen molar-refractivity contribution < 1.29 is 0 Å². The molecule has 0 amide bonds. The van der Waals surface area contributed by atoms with Crippen LogP contribution in [-0.4, -0.2) is 16.6 Å². The molecule has 1 aliphatic carbocycles. The molecule has 2 aromatic rings. The number of fused-ring (bicyclic) bond motifs is 1. The smallest absolute Gasteiger partial charge is 0.251 e. The second-order valence-electron chi connectivity index (χ2n) is 5.66. The maximum absolute atomic E-state index is 12.3. The highest BCUT2D eigenvalue weighted by molar-refractivity contribution is 5.29. The monoisotopic (exact) mass is 283 g/mol. The van der Waals surface area contributed by atoms with E-state index in [1.165, 1.54) is 5.56 Å². The van der Waals surface area contributed by atoms with Crippen molar-refractivity contribution in [3.8, 4) is 0 Å². The van der Waals surface area contributed by atoms with Gasteiger partial charge in [-0.15, -0.1) is 0 Å². The molecule has 1 N–H and O–H groups in total. The van der Waals surface area contributed by atoms with Crippen LogP contribution in [-0.2, 0) is 13.0 Å². The van der Waals surface area contributed by atoms with E-state index in [0.717, 1.165) is 36.2 Å². The summed E-state index contributed by atoms with van der Waals surface area (Å²) in [6.07, 6.45) is 5.00. The van der Waals surface area contributed by atoms with Crippen molar-refractivity contribution >= 4 is 0 Å². The summed E-state index contributed by atoms with van der Waals surface area (Å²) >= 11 is 0. The fourth-order valence-corrected chi connectivity index (χ4v) is 3.17. The largest absolute Gasteiger partial charge is 0.313 e. The minimum Gasteiger partial charge on any atom is -0.313 e. The van der Waals surface area contributed by atoms with E-state index in [-0.39, 0.29) is 5.56 Å². The van der Waals surface area contributed by atoms with E-state index in [2.05, 4.69) is 10.3 Å². The van der Waals surface area contributed by atoms with Gasteiger partial charge in [0.25, 0.3) is 5.56 Å². The zero-order chi connectivity index (χ0) is 14.8. The minimum absolute atomic E-state index is 0.0653. The third-order valence-corrected chi connectivity index (χ3v) is 4.39. The van der Waals surface area contributed by atoms with Crippen molar-refractivity contribution in [2.45, 2.75) is 38.8 Å². The molecule has 110 valence electrons. The van der Waals surface area contributed by atoms with Gasteiger partial charge in [0.1, 0.15) is 0 Å². The first kappa shape index (κ1) is 14.0. The number of hydrogen-bond donors (Lipinski definition) is 1. The molecule has 1 aliphatic rings. The van der Waals surface area contributed by atoms with E-state index in [4.69, 9.17) is 0 Å². The Hall–Kier alpha value is -1.94. The zero-order valence-electron chi connectivity index (χ0n) is 12.6. The summed E-state index contributed by atoms with van der Waals surface area (Å²) in [5, 5.41) is 3.35. The average molecular weight is 283 g/mol. The van der Waals surface area contributed by atoms with Gasteiger partial charge in [-0.05, 0) is 50.4 Å². The molecular weight excluding hydrogens is 262 g/mol. The molecule has 0 fully saturated rings. The predicted molar refractivity (Wildman–Crippen MR) is 83.5 cm³/mol. The molecule has 0 aromatic carbocycles. The van der Waals surface area contributed by atoms with E-state index in [0.29, 0.717) is 12.6 Å². The Morgan fingerprint density at radius 1 is 1.38 bits per heavy atom. The summed E-state index contributed by atoms with van der Waals surface area (Å²) in [6, 6.07) is 8.00. The number of hydrogen-bond acceptors (Lipinski definition) is 3. The van der Waals surface area contributed by atoms with Gasteiger partial charge in [-0.2, -0.15) is 0 Å². The van der Waals surface area contributed by atoms with Crippen LogP contribution in [0.25, 0.3) is 0 Å². The van der Waals surface area contributed by atoms with Gasteiger partial charge < -0.3 is 9.88 Å². The lowest BCUT2D eigenvalue weighted by molar-refractivity contribution is 0.472. The third-order valence-electron chi connectivity index (χ3n) is 4.39. The number of rotatable bonds is 3. The van der Waals surface area contributed by atoms with Crippen LogP contribution in [0.5, 0.6) is 0 Å². The van der Waals surface area contributed by atoms with Crippen molar-refractivity contribution in [1.82, 2.24) is 14.9 Å². The van der Waals surface area contributed by atoms with Gasteiger partial charge >= 0.3 is 0 Å². The summed E-state index contributed by atoms with van der Waals surface area (Å²) in [6.45, 7) is 2.60. The summed E-state index contributed by atoms with van der Waals surface area (Å²) < 4.78 is 1.90. The molecule has 21 heavy (non-hydrogen) atoms. The quantitative estimate of drug-likeness (QED) is 0.939. The minimum atomic E-state index is 0.0653. The third kappa shape index (κ3) is 2.63. The van der Waals surface area contributed by atoms with Crippen LogP contribution in [0.3, 0.4) is 0 Å². The van der Waals surface area contributed by atoms with Crippen LogP contribution < -0.4 is 10.9 Å². The van der Waals surface area contributed by atoms with E-state index >= 15 is 0 Å². The van der Waals surface area contributed by atoms with Crippen molar-refractivity contribution in [2.75, 3.05) is 7.05 Å². The molecule has 0 radical (unpaired) electrons. The molecule has 0 bridgehead atoms. The van der Waals surface area contributed by atoms with Crippen molar-refractivity contribution in [3.05, 3.63) is 63.3 Å². The molecule has 3 rings (SSSR count). The van der Waals surface area contributed by atoms with E-state index in [9.17, 15) is 4.79 Å².